The first kappa shape index (κ1) is 8.34. The van der Waals surface area contributed by atoms with E-state index in [9.17, 15) is 0 Å². The van der Waals surface area contributed by atoms with Crippen LogP contribution < -0.4 is 5.73 Å². The van der Waals surface area contributed by atoms with E-state index in [4.69, 9.17) is 5.73 Å². The maximum absolute atomic E-state index is 5.67. The van der Waals surface area contributed by atoms with Crippen LogP contribution in [0, 0.1) is 0 Å². The summed E-state index contributed by atoms with van der Waals surface area (Å²) in [5.74, 6) is 0. The molecule has 0 saturated heterocycles. The van der Waals surface area contributed by atoms with E-state index in [0.29, 0.717) is 0 Å². The summed E-state index contributed by atoms with van der Waals surface area (Å²) in [6.45, 7) is 5.21. The predicted molar refractivity (Wildman–Crippen MR) is 47.5 cm³/mol. The standard InChI is InChI=1S/C9H16N2/c1-3-11-5-4-9(7-11)6-8(2)10/h4-5,7-8H,3,6,10H2,1-2H3. The summed E-state index contributed by atoms with van der Waals surface area (Å²) in [5, 5.41) is 0. The van der Waals surface area contributed by atoms with E-state index in [1.54, 1.807) is 0 Å². The number of aromatic nitrogens is 1. The molecular weight excluding hydrogens is 136 g/mol. The van der Waals surface area contributed by atoms with E-state index in [1.807, 2.05) is 6.92 Å². The first-order valence-corrected chi connectivity index (χ1v) is 4.12. The van der Waals surface area contributed by atoms with Gasteiger partial charge in [0.05, 0.1) is 0 Å². The van der Waals surface area contributed by atoms with Gasteiger partial charge in [-0.15, -0.1) is 0 Å². The molecule has 0 aromatic carbocycles. The van der Waals surface area contributed by atoms with Gasteiger partial charge < -0.3 is 10.3 Å². The molecular formula is C9H16N2. The number of hydrogen-bond acceptors (Lipinski definition) is 1. The van der Waals surface area contributed by atoms with Crippen molar-refractivity contribution in [3.8, 4) is 0 Å². The Morgan fingerprint density at radius 2 is 2.36 bits per heavy atom. The normalized spacial score (nSPS) is 13.4. The van der Waals surface area contributed by atoms with Crippen molar-refractivity contribution in [2.75, 3.05) is 0 Å². The van der Waals surface area contributed by atoms with Crippen molar-refractivity contribution in [3.05, 3.63) is 24.0 Å². The lowest BCUT2D eigenvalue weighted by molar-refractivity contribution is 0.726. The second-order valence-corrected chi connectivity index (χ2v) is 3.03. The highest BCUT2D eigenvalue weighted by atomic mass is 14.9. The van der Waals surface area contributed by atoms with Crippen LogP contribution in [0.1, 0.15) is 19.4 Å². The van der Waals surface area contributed by atoms with Gasteiger partial charge in [-0.2, -0.15) is 0 Å². The van der Waals surface area contributed by atoms with Gasteiger partial charge in [-0.05, 0) is 31.9 Å². The smallest absolute Gasteiger partial charge is 0.0191 e. The maximum Gasteiger partial charge on any atom is 0.0191 e. The first-order valence-electron chi connectivity index (χ1n) is 4.12. The van der Waals surface area contributed by atoms with Crippen molar-refractivity contribution in [3.63, 3.8) is 0 Å². The highest BCUT2D eigenvalue weighted by molar-refractivity contribution is 5.11. The van der Waals surface area contributed by atoms with E-state index in [0.717, 1.165) is 13.0 Å². The predicted octanol–water partition coefficient (Wildman–Crippen LogP) is 1.40. The lowest BCUT2D eigenvalue weighted by Crippen LogP contribution is -2.17. The largest absolute Gasteiger partial charge is 0.354 e. The molecule has 1 unspecified atom stereocenters. The topological polar surface area (TPSA) is 30.9 Å². The van der Waals surface area contributed by atoms with Crippen LogP contribution in [-0.2, 0) is 13.0 Å². The first-order chi connectivity index (χ1) is 5.22. The number of rotatable bonds is 3. The van der Waals surface area contributed by atoms with Gasteiger partial charge in [-0.3, -0.25) is 0 Å². The maximum atomic E-state index is 5.67. The molecule has 2 heteroatoms. The molecule has 0 aliphatic rings. The van der Waals surface area contributed by atoms with Gasteiger partial charge in [0, 0.05) is 25.0 Å². The van der Waals surface area contributed by atoms with Crippen molar-refractivity contribution in [1.82, 2.24) is 4.57 Å². The molecule has 0 aliphatic heterocycles. The lowest BCUT2D eigenvalue weighted by atomic mass is 10.1. The summed E-state index contributed by atoms with van der Waals surface area (Å²) in [6.07, 6.45) is 5.23. The minimum atomic E-state index is 0.266. The molecule has 1 aromatic rings. The van der Waals surface area contributed by atoms with Gasteiger partial charge in [-0.25, -0.2) is 0 Å². The average molecular weight is 152 g/mol. The highest BCUT2D eigenvalue weighted by Crippen LogP contribution is 2.03. The van der Waals surface area contributed by atoms with Crippen LogP contribution >= 0.6 is 0 Å². The molecule has 1 atom stereocenters. The Morgan fingerprint density at radius 3 is 2.82 bits per heavy atom. The summed E-state index contributed by atoms with van der Waals surface area (Å²) in [7, 11) is 0. The van der Waals surface area contributed by atoms with Crippen molar-refractivity contribution < 1.29 is 0 Å². The second kappa shape index (κ2) is 3.58. The van der Waals surface area contributed by atoms with Crippen LogP contribution in [0.2, 0.25) is 0 Å². The molecule has 2 nitrogen and oxygen atoms in total. The SMILES string of the molecule is CCn1ccc(CC(C)N)c1. The third kappa shape index (κ3) is 2.39. The zero-order valence-corrected chi connectivity index (χ0v) is 7.25. The molecule has 11 heavy (non-hydrogen) atoms. The fourth-order valence-electron chi connectivity index (χ4n) is 1.18. The van der Waals surface area contributed by atoms with Crippen LogP contribution in [0.25, 0.3) is 0 Å². The lowest BCUT2D eigenvalue weighted by Gasteiger charge is -2.00. The molecule has 1 aromatic heterocycles. The summed E-state index contributed by atoms with van der Waals surface area (Å²) in [4.78, 5) is 0. The molecule has 0 bridgehead atoms. The molecule has 0 radical (unpaired) electrons. The monoisotopic (exact) mass is 152 g/mol. The zero-order chi connectivity index (χ0) is 8.27. The minimum Gasteiger partial charge on any atom is -0.354 e. The van der Waals surface area contributed by atoms with Crippen molar-refractivity contribution >= 4 is 0 Å². The summed E-state index contributed by atoms with van der Waals surface area (Å²) >= 11 is 0. The molecule has 1 heterocycles. The van der Waals surface area contributed by atoms with Gasteiger partial charge in [0.1, 0.15) is 0 Å². The van der Waals surface area contributed by atoms with Crippen molar-refractivity contribution in [2.24, 2.45) is 5.73 Å². The quantitative estimate of drug-likeness (QED) is 0.697. The minimum absolute atomic E-state index is 0.266. The third-order valence-electron chi connectivity index (χ3n) is 1.73. The van der Waals surface area contributed by atoms with E-state index < -0.39 is 0 Å². The molecule has 1 rings (SSSR count). The molecule has 0 aliphatic carbocycles. The zero-order valence-electron chi connectivity index (χ0n) is 7.25. The van der Waals surface area contributed by atoms with E-state index in [2.05, 4.69) is 30.0 Å². The molecule has 2 N–H and O–H groups in total. The van der Waals surface area contributed by atoms with Crippen molar-refractivity contribution in [1.29, 1.82) is 0 Å². The Morgan fingerprint density at radius 1 is 1.64 bits per heavy atom. The number of aryl methyl sites for hydroxylation is 1. The van der Waals surface area contributed by atoms with E-state index >= 15 is 0 Å². The van der Waals surface area contributed by atoms with E-state index in [-0.39, 0.29) is 6.04 Å². The Balaban J connectivity index is 2.58. The summed E-state index contributed by atoms with van der Waals surface area (Å²) < 4.78 is 2.16. The molecule has 0 fully saturated rings. The number of nitrogens with two attached hydrogens (primary N) is 1. The average Bonchev–Trinajstić information content (AvgIpc) is 2.34. The Hall–Kier alpha value is -0.760. The Labute approximate surface area is 68.0 Å². The second-order valence-electron chi connectivity index (χ2n) is 3.03. The number of nitrogens with zero attached hydrogens (tertiary/aromatic N) is 1. The fourth-order valence-corrected chi connectivity index (χ4v) is 1.18. The van der Waals surface area contributed by atoms with Crippen LogP contribution in [0.4, 0.5) is 0 Å². The van der Waals surface area contributed by atoms with Gasteiger partial charge in [0.25, 0.3) is 0 Å². The molecule has 62 valence electrons. The van der Waals surface area contributed by atoms with E-state index in [1.165, 1.54) is 5.56 Å². The van der Waals surface area contributed by atoms with Gasteiger partial charge in [-0.1, -0.05) is 0 Å². The molecule has 0 amide bonds. The Kier molecular flexibility index (Phi) is 2.71. The summed E-state index contributed by atoms with van der Waals surface area (Å²) in [5.41, 5.74) is 7.00. The van der Waals surface area contributed by atoms with Crippen LogP contribution in [0.15, 0.2) is 18.5 Å². The van der Waals surface area contributed by atoms with Crippen LogP contribution in [-0.4, -0.2) is 10.6 Å². The fraction of sp³-hybridized carbons (Fsp3) is 0.556. The van der Waals surface area contributed by atoms with Gasteiger partial charge in [0.2, 0.25) is 0 Å². The van der Waals surface area contributed by atoms with Gasteiger partial charge >= 0.3 is 0 Å². The third-order valence-corrected chi connectivity index (χ3v) is 1.73. The summed E-state index contributed by atoms with van der Waals surface area (Å²) in [6, 6.07) is 2.40. The van der Waals surface area contributed by atoms with Crippen molar-refractivity contribution in [2.45, 2.75) is 32.9 Å². The number of hydrogen-bond donors (Lipinski definition) is 1. The molecule has 0 saturated carbocycles. The Bertz CT molecular complexity index is 213. The highest BCUT2D eigenvalue weighted by Gasteiger charge is 1.98. The van der Waals surface area contributed by atoms with Crippen LogP contribution in [0.3, 0.4) is 0 Å². The van der Waals surface area contributed by atoms with Gasteiger partial charge in [0.15, 0.2) is 0 Å². The van der Waals surface area contributed by atoms with Crippen LogP contribution in [0.5, 0.6) is 0 Å². The molecule has 0 spiro atoms.